The Morgan fingerprint density at radius 1 is 1.50 bits per heavy atom. The molecule has 1 aliphatic carbocycles. The fraction of sp³-hybridized carbons (Fsp3) is 0.364. The largest absolute Gasteiger partial charge is 0.365 e. The number of hydrogen-bond acceptors (Lipinski definition) is 4. The first-order valence-electron chi connectivity index (χ1n) is 5.27. The molecule has 0 radical (unpaired) electrons. The number of nitrogens with one attached hydrogen (secondary N) is 2. The molecule has 5 nitrogen and oxygen atoms in total. The number of hydrogen-bond donors (Lipinski definition) is 2. The van der Waals surface area contributed by atoms with E-state index in [4.69, 9.17) is 0 Å². The quantitative estimate of drug-likeness (QED) is 0.722. The van der Waals surface area contributed by atoms with E-state index in [9.17, 15) is 4.79 Å². The van der Waals surface area contributed by atoms with Gasteiger partial charge < -0.3 is 10.6 Å². The van der Waals surface area contributed by atoms with Crippen LogP contribution in [0.2, 0.25) is 0 Å². The minimum Gasteiger partial charge on any atom is -0.365 e. The molecule has 0 aromatic carbocycles. The molecule has 0 unspecified atom stereocenters. The monoisotopic (exact) mass is 218 g/mol. The van der Waals surface area contributed by atoms with Crippen molar-refractivity contribution in [1.82, 2.24) is 15.3 Å². The van der Waals surface area contributed by atoms with Crippen molar-refractivity contribution < 1.29 is 4.79 Å². The van der Waals surface area contributed by atoms with Crippen LogP contribution in [0.25, 0.3) is 0 Å². The van der Waals surface area contributed by atoms with Gasteiger partial charge in [-0.3, -0.25) is 4.79 Å². The van der Waals surface area contributed by atoms with E-state index < -0.39 is 0 Å². The Hall–Kier alpha value is -1.91. The molecule has 0 atom stereocenters. The van der Waals surface area contributed by atoms with Crippen molar-refractivity contribution >= 4 is 11.7 Å². The van der Waals surface area contributed by atoms with Crippen molar-refractivity contribution in [1.29, 1.82) is 0 Å². The molecule has 1 aromatic heterocycles. The van der Waals surface area contributed by atoms with Crippen molar-refractivity contribution in [3.8, 4) is 0 Å². The first kappa shape index (κ1) is 10.6. The first-order valence-corrected chi connectivity index (χ1v) is 5.27. The number of rotatable bonds is 5. The minimum absolute atomic E-state index is 0.148. The summed E-state index contributed by atoms with van der Waals surface area (Å²) in [5.41, 5.74) is 0.357. The van der Waals surface area contributed by atoms with E-state index in [2.05, 4.69) is 27.2 Å². The summed E-state index contributed by atoms with van der Waals surface area (Å²) < 4.78 is 0. The lowest BCUT2D eigenvalue weighted by molar-refractivity contribution is 0.0945. The average molecular weight is 218 g/mol. The Morgan fingerprint density at radius 3 is 2.88 bits per heavy atom. The highest BCUT2D eigenvalue weighted by atomic mass is 16.2. The second-order valence-electron chi connectivity index (χ2n) is 3.70. The Balaban J connectivity index is 1.94. The summed E-state index contributed by atoms with van der Waals surface area (Å²) >= 11 is 0. The Kier molecular flexibility index (Phi) is 3.14. The maximum atomic E-state index is 11.6. The van der Waals surface area contributed by atoms with Crippen LogP contribution >= 0.6 is 0 Å². The predicted molar refractivity (Wildman–Crippen MR) is 61.2 cm³/mol. The van der Waals surface area contributed by atoms with Crippen molar-refractivity contribution in [3.63, 3.8) is 0 Å². The zero-order chi connectivity index (χ0) is 11.4. The molecular weight excluding hydrogens is 204 g/mol. The highest BCUT2D eigenvalue weighted by Gasteiger charge is 2.24. The Bertz CT molecular complexity index is 383. The maximum Gasteiger partial charge on any atom is 0.271 e. The van der Waals surface area contributed by atoms with Gasteiger partial charge >= 0.3 is 0 Å². The zero-order valence-electron chi connectivity index (χ0n) is 8.94. The van der Waals surface area contributed by atoms with Crippen molar-refractivity contribution in [2.45, 2.75) is 18.9 Å². The number of aromatic nitrogens is 2. The third-order valence-corrected chi connectivity index (χ3v) is 2.22. The summed E-state index contributed by atoms with van der Waals surface area (Å²) in [6.07, 6.45) is 6.89. The lowest BCUT2D eigenvalue weighted by Crippen LogP contribution is -2.26. The first-order chi connectivity index (χ1) is 7.79. The molecule has 2 rings (SSSR count). The minimum atomic E-state index is -0.148. The van der Waals surface area contributed by atoms with Crippen LogP contribution in [0.1, 0.15) is 23.3 Å². The van der Waals surface area contributed by atoms with Crippen LogP contribution < -0.4 is 10.6 Å². The fourth-order valence-corrected chi connectivity index (χ4v) is 1.20. The third kappa shape index (κ3) is 2.79. The van der Waals surface area contributed by atoms with E-state index in [0.29, 0.717) is 24.1 Å². The van der Waals surface area contributed by atoms with Crippen molar-refractivity contribution in [3.05, 3.63) is 30.7 Å². The number of carbonyl (C=O) groups is 1. The number of anilines is 1. The van der Waals surface area contributed by atoms with Crippen LogP contribution in [0.5, 0.6) is 0 Å². The summed E-state index contributed by atoms with van der Waals surface area (Å²) in [5, 5.41) is 5.84. The summed E-state index contributed by atoms with van der Waals surface area (Å²) in [5.74, 6) is 0.494. The van der Waals surface area contributed by atoms with E-state index in [-0.39, 0.29) is 5.91 Å². The Morgan fingerprint density at radius 2 is 2.31 bits per heavy atom. The summed E-state index contributed by atoms with van der Waals surface area (Å²) in [7, 11) is 0. The number of nitrogens with zero attached hydrogens (tertiary/aromatic N) is 2. The second kappa shape index (κ2) is 4.74. The summed E-state index contributed by atoms with van der Waals surface area (Å²) in [6.45, 7) is 4.21. The molecule has 1 fully saturated rings. The molecule has 1 aliphatic rings. The van der Waals surface area contributed by atoms with Crippen LogP contribution in [-0.2, 0) is 0 Å². The van der Waals surface area contributed by atoms with Gasteiger partial charge in [0.2, 0.25) is 0 Å². The SMILES string of the molecule is C=CCNc1cnc(C(=O)NC2CC2)cn1. The van der Waals surface area contributed by atoms with Crippen LogP contribution in [-0.4, -0.2) is 28.5 Å². The molecule has 84 valence electrons. The van der Waals surface area contributed by atoms with E-state index in [1.54, 1.807) is 12.3 Å². The number of carbonyl (C=O) groups excluding carboxylic acids is 1. The predicted octanol–water partition coefficient (Wildman–Crippen LogP) is 0.967. The van der Waals surface area contributed by atoms with Gasteiger partial charge in [0.25, 0.3) is 5.91 Å². The normalized spacial score (nSPS) is 14.2. The highest BCUT2D eigenvalue weighted by molar-refractivity contribution is 5.92. The lowest BCUT2D eigenvalue weighted by atomic mass is 10.4. The molecule has 16 heavy (non-hydrogen) atoms. The van der Waals surface area contributed by atoms with E-state index in [1.807, 2.05) is 0 Å². The van der Waals surface area contributed by atoms with Gasteiger partial charge in [-0.15, -0.1) is 6.58 Å². The van der Waals surface area contributed by atoms with E-state index in [0.717, 1.165) is 12.8 Å². The molecule has 2 N–H and O–H groups in total. The van der Waals surface area contributed by atoms with Gasteiger partial charge in [-0.05, 0) is 12.8 Å². The topological polar surface area (TPSA) is 66.9 Å². The molecule has 1 aromatic rings. The van der Waals surface area contributed by atoms with E-state index in [1.165, 1.54) is 6.20 Å². The van der Waals surface area contributed by atoms with Crippen LogP contribution in [0.3, 0.4) is 0 Å². The van der Waals surface area contributed by atoms with Crippen LogP contribution in [0.4, 0.5) is 5.82 Å². The Labute approximate surface area is 94.0 Å². The molecule has 1 heterocycles. The molecule has 5 heteroatoms. The van der Waals surface area contributed by atoms with Gasteiger partial charge in [0.15, 0.2) is 0 Å². The molecule has 0 saturated heterocycles. The van der Waals surface area contributed by atoms with Crippen molar-refractivity contribution in [2.24, 2.45) is 0 Å². The van der Waals surface area contributed by atoms with Gasteiger partial charge in [0, 0.05) is 12.6 Å². The molecule has 0 spiro atoms. The number of amides is 1. The standard InChI is InChI=1S/C11H14N4O/c1-2-5-12-10-7-13-9(6-14-10)11(16)15-8-3-4-8/h2,6-8H,1,3-5H2,(H,12,14)(H,15,16). The van der Waals surface area contributed by atoms with Crippen molar-refractivity contribution in [2.75, 3.05) is 11.9 Å². The van der Waals surface area contributed by atoms with Crippen LogP contribution in [0.15, 0.2) is 25.0 Å². The zero-order valence-corrected chi connectivity index (χ0v) is 8.94. The van der Waals surface area contributed by atoms with E-state index >= 15 is 0 Å². The van der Waals surface area contributed by atoms with Gasteiger partial charge in [0.05, 0.1) is 12.4 Å². The third-order valence-electron chi connectivity index (χ3n) is 2.22. The summed E-state index contributed by atoms with van der Waals surface area (Å²) in [6, 6.07) is 0.341. The van der Waals surface area contributed by atoms with Gasteiger partial charge in [-0.1, -0.05) is 6.08 Å². The second-order valence-corrected chi connectivity index (χ2v) is 3.70. The molecular formula is C11H14N4O. The molecule has 1 saturated carbocycles. The van der Waals surface area contributed by atoms with Gasteiger partial charge in [-0.25, -0.2) is 9.97 Å². The molecule has 1 amide bonds. The lowest BCUT2D eigenvalue weighted by Gasteiger charge is -2.04. The maximum absolute atomic E-state index is 11.6. The molecule has 0 aliphatic heterocycles. The summed E-state index contributed by atoms with van der Waals surface area (Å²) in [4.78, 5) is 19.7. The fourth-order valence-electron chi connectivity index (χ4n) is 1.20. The smallest absolute Gasteiger partial charge is 0.271 e. The van der Waals surface area contributed by atoms with Gasteiger partial charge in [0.1, 0.15) is 11.5 Å². The highest BCUT2D eigenvalue weighted by Crippen LogP contribution is 2.18. The van der Waals surface area contributed by atoms with Gasteiger partial charge in [-0.2, -0.15) is 0 Å². The average Bonchev–Trinajstić information content (AvgIpc) is 3.11. The van der Waals surface area contributed by atoms with Crippen LogP contribution in [0, 0.1) is 0 Å². The molecule has 0 bridgehead atoms.